The topological polar surface area (TPSA) is 90.9 Å². The van der Waals surface area contributed by atoms with Crippen molar-refractivity contribution in [1.29, 1.82) is 0 Å². The van der Waals surface area contributed by atoms with Gasteiger partial charge in [0.15, 0.2) is 0 Å². The molecule has 1 fully saturated rings. The van der Waals surface area contributed by atoms with Gasteiger partial charge in [-0.1, -0.05) is 24.3 Å². The first-order valence-electron chi connectivity index (χ1n) is 11.8. The second-order valence-corrected chi connectivity index (χ2v) is 9.26. The maximum atomic E-state index is 13.1. The average Bonchev–Trinajstić information content (AvgIpc) is 3.17. The molecule has 1 N–H and O–H groups in total. The first kappa shape index (κ1) is 23.9. The SMILES string of the molecule is COCc1ccc([C@@H](C)Nc2nc(N3CCN(C(C)=O)CC3)nc3c2CN(C(C)C)C3=O)cc1. The third kappa shape index (κ3) is 4.84. The Morgan fingerprint density at radius 2 is 1.76 bits per heavy atom. The molecule has 1 aromatic heterocycles. The Kier molecular flexibility index (Phi) is 7.02. The number of benzene rings is 1. The standard InChI is InChI=1S/C25H34N6O3/c1-16(2)31-14-21-22(24(31)33)27-25(30-12-10-29(11-13-30)18(4)32)28-23(21)26-17(3)20-8-6-19(7-9-20)15-34-5/h6-9,16-17H,10-15H2,1-5H3,(H,26,27,28)/t17-/m1/s1. The van der Waals surface area contributed by atoms with E-state index in [2.05, 4.69) is 41.4 Å². The van der Waals surface area contributed by atoms with Crippen molar-refractivity contribution in [3.8, 4) is 0 Å². The summed E-state index contributed by atoms with van der Waals surface area (Å²) in [4.78, 5) is 40.1. The number of ether oxygens (including phenoxy) is 1. The normalized spacial score (nSPS) is 16.8. The van der Waals surface area contributed by atoms with Crippen molar-refractivity contribution in [2.75, 3.05) is 43.5 Å². The van der Waals surface area contributed by atoms with Crippen LogP contribution < -0.4 is 10.2 Å². The van der Waals surface area contributed by atoms with E-state index in [1.807, 2.05) is 23.6 Å². The third-order valence-corrected chi connectivity index (χ3v) is 6.56. The summed E-state index contributed by atoms with van der Waals surface area (Å²) in [5.74, 6) is 1.24. The van der Waals surface area contributed by atoms with Crippen molar-refractivity contribution in [3.63, 3.8) is 0 Å². The molecule has 182 valence electrons. The highest BCUT2D eigenvalue weighted by molar-refractivity contribution is 5.98. The van der Waals surface area contributed by atoms with Gasteiger partial charge in [-0.3, -0.25) is 9.59 Å². The van der Waals surface area contributed by atoms with Crippen LogP contribution in [0.5, 0.6) is 0 Å². The molecule has 4 rings (SSSR count). The largest absolute Gasteiger partial charge is 0.380 e. The van der Waals surface area contributed by atoms with Gasteiger partial charge in [0.25, 0.3) is 5.91 Å². The van der Waals surface area contributed by atoms with Crippen LogP contribution in [-0.4, -0.2) is 70.9 Å². The van der Waals surface area contributed by atoms with E-state index in [-0.39, 0.29) is 23.9 Å². The molecule has 0 saturated carbocycles. The Bertz CT molecular complexity index is 1050. The van der Waals surface area contributed by atoms with Crippen LogP contribution in [0, 0.1) is 0 Å². The van der Waals surface area contributed by atoms with Crippen molar-refractivity contribution in [2.24, 2.45) is 0 Å². The lowest BCUT2D eigenvalue weighted by molar-refractivity contribution is -0.129. The van der Waals surface area contributed by atoms with Gasteiger partial charge < -0.3 is 24.8 Å². The number of aromatic nitrogens is 2. The van der Waals surface area contributed by atoms with E-state index in [0.717, 1.165) is 16.7 Å². The predicted molar refractivity (Wildman–Crippen MR) is 131 cm³/mol. The number of hydrogen-bond donors (Lipinski definition) is 1. The molecule has 0 bridgehead atoms. The number of carbonyl (C=O) groups excluding carboxylic acids is 2. The van der Waals surface area contributed by atoms with Crippen LogP contribution in [0.1, 0.15) is 60.9 Å². The predicted octanol–water partition coefficient (Wildman–Crippen LogP) is 2.83. The molecule has 1 atom stereocenters. The van der Waals surface area contributed by atoms with Crippen LogP contribution in [0.15, 0.2) is 24.3 Å². The Labute approximate surface area is 201 Å². The fraction of sp³-hybridized carbons (Fsp3) is 0.520. The van der Waals surface area contributed by atoms with Crippen LogP contribution in [0.3, 0.4) is 0 Å². The molecule has 2 aliphatic rings. The lowest BCUT2D eigenvalue weighted by Gasteiger charge is -2.34. The maximum Gasteiger partial charge on any atom is 0.273 e. The summed E-state index contributed by atoms with van der Waals surface area (Å²) in [5.41, 5.74) is 3.55. The number of nitrogens with zero attached hydrogens (tertiary/aromatic N) is 5. The molecule has 9 heteroatoms. The Hall–Kier alpha value is -3.20. The van der Waals surface area contributed by atoms with Gasteiger partial charge in [0.05, 0.1) is 13.2 Å². The number of nitrogens with one attached hydrogen (secondary N) is 1. The molecule has 1 aromatic carbocycles. The lowest BCUT2D eigenvalue weighted by atomic mass is 10.1. The summed E-state index contributed by atoms with van der Waals surface area (Å²) in [6.07, 6.45) is 0. The molecule has 0 unspecified atom stereocenters. The maximum absolute atomic E-state index is 13.1. The summed E-state index contributed by atoms with van der Waals surface area (Å²) in [7, 11) is 1.69. The molecule has 2 amide bonds. The molecule has 1 saturated heterocycles. The Morgan fingerprint density at radius 1 is 1.09 bits per heavy atom. The zero-order valence-electron chi connectivity index (χ0n) is 20.7. The molecule has 3 heterocycles. The van der Waals surface area contributed by atoms with Crippen molar-refractivity contribution in [1.82, 2.24) is 19.8 Å². The number of hydrogen-bond acceptors (Lipinski definition) is 7. The molecule has 2 aromatic rings. The Balaban J connectivity index is 1.62. The number of carbonyl (C=O) groups is 2. The van der Waals surface area contributed by atoms with Crippen molar-refractivity contribution < 1.29 is 14.3 Å². The van der Waals surface area contributed by atoms with E-state index in [4.69, 9.17) is 14.7 Å². The highest BCUT2D eigenvalue weighted by Gasteiger charge is 2.35. The zero-order valence-corrected chi connectivity index (χ0v) is 20.7. The highest BCUT2D eigenvalue weighted by Crippen LogP contribution is 2.32. The molecule has 34 heavy (non-hydrogen) atoms. The minimum atomic E-state index is -0.0596. The number of anilines is 2. The second kappa shape index (κ2) is 9.97. The number of piperazine rings is 1. The van der Waals surface area contributed by atoms with Crippen LogP contribution in [0.25, 0.3) is 0 Å². The summed E-state index contributed by atoms with van der Waals surface area (Å²) in [6, 6.07) is 8.35. The van der Waals surface area contributed by atoms with Gasteiger partial charge in [-0.2, -0.15) is 4.98 Å². The molecule has 9 nitrogen and oxygen atoms in total. The van der Waals surface area contributed by atoms with Gasteiger partial charge in [0.2, 0.25) is 11.9 Å². The van der Waals surface area contributed by atoms with E-state index in [9.17, 15) is 9.59 Å². The van der Waals surface area contributed by atoms with Crippen LogP contribution in [0.2, 0.25) is 0 Å². The summed E-state index contributed by atoms with van der Waals surface area (Å²) in [5, 5.41) is 3.54. The van der Waals surface area contributed by atoms with Gasteiger partial charge in [-0.25, -0.2) is 4.98 Å². The van der Waals surface area contributed by atoms with Gasteiger partial charge in [0.1, 0.15) is 11.5 Å². The van der Waals surface area contributed by atoms with Gasteiger partial charge in [0, 0.05) is 57.9 Å². The molecular weight excluding hydrogens is 432 g/mol. The van der Waals surface area contributed by atoms with Crippen molar-refractivity contribution in [2.45, 2.75) is 52.9 Å². The average molecular weight is 467 g/mol. The quantitative estimate of drug-likeness (QED) is 0.671. The van der Waals surface area contributed by atoms with Crippen LogP contribution >= 0.6 is 0 Å². The first-order valence-corrected chi connectivity index (χ1v) is 11.8. The van der Waals surface area contributed by atoms with E-state index in [1.54, 1.807) is 14.0 Å². The van der Waals surface area contributed by atoms with E-state index in [0.29, 0.717) is 56.8 Å². The van der Waals surface area contributed by atoms with Gasteiger partial charge in [-0.05, 0) is 31.9 Å². The number of methoxy groups -OCH3 is 1. The molecule has 0 spiro atoms. The smallest absolute Gasteiger partial charge is 0.273 e. The minimum absolute atomic E-state index is 0.0128. The van der Waals surface area contributed by atoms with E-state index >= 15 is 0 Å². The summed E-state index contributed by atoms with van der Waals surface area (Å²) >= 11 is 0. The lowest BCUT2D eigenvalue weighted by Crippen LogP contribution is -2.48. The van der Waals surface area contributed by atoms with E-state index < -0.39 is 0 Å². The van der Waals surface area contributed by atoms with E-state index in [1.165, 1.54) is 0 Å². The summed E-state index contributed by atoms with van der Waals surface area (Å²) in [6.45, 7) is 11.3. The summed E-state index contributed by atoms with van der Waals surface area (Å²) < 4.78 is 5.21. The second-order valence-electron chi connectivity index (χ2n) is 9.26. The molecule has 2 aliphatic heterocycles. The monoisotopic (exact) mass is 466 g/mol. The fourth-order valence-electron chi connectivity index (χ4n) is 4.43. The van der Waals surface area contributed by atoms with Crippen LogP contribution in [-0.2, 0) is 22.7 Å². The third-order valence-electron chi connectivity index (χ3n) is 6.56. The fourth-order valence-corrected chi connectivity index (χ4v) is 4.43. The number of amides is 2. The highest BCUT2D eigenvalue weighted by atomic mass is 16.5. The molecule has 0 aliphatic carbocycles. The van der Waals surface area contributed by atoms with Crippen molar-refractivity contribution in [3.05, 3.63) is 46.6 Å². The Morgan fingerprint density at radius 3 is 2.35 bits per heavy atom. The minimum Gasteiger partial charge on any atom is -0.380 e. The van der Waals surface area contributed by atoms with Crippen molar-refractivity contribution >= 4 is 23.6 Å². The van der Waals surface area contributed by atoms with Crippen LogP contribution in [0.4, 0.5) is 11.8 Å². The van der Waals surface area contributed by atoms with Gasteiger partial charge in [-0.15, -0.1) is 0 Å². The number of rotatable bonds is 7. The zero-order chi connectivity index (χ0) is 24.4. The molecule has 0 radical (unpaired) electrons. The number of fused-ring (bicyclic) bond motifs is 1. The first-order chi connectivity index (χ1) is 16.3. The molecular formula is C25H34N6O3. The van der Waals surface area contributed by atoms with Gasteiger partial charge >= 0.3 is 0 Å².